The van der Waals surface area contributed by atoms with Gasteiger partial charge < -0.3 is 4.90 Å². The lowest BCUT2D eigenvalue weighted by atomic mass is 9.99. The maximum Gasteiger partial charge on any atom is 0.257 e. The van der Waals surface area contributed by atoms with Gasteiger partial charge in [-0.15, -0.1) is 11.6 Å². The summed E-state index contributed by atoms with van der Waals surface area (Å²) in [6, 6.07) is 0. The van der Waals surface area contributed by atoms with Crippen molar-refractivity contribution in [2.45, 2.75) is 19.8 Å². The van der Waals surface area contributed by atoms with Gasteiger partial charge in [0, 0.05) is 32.2 Å². The first-order chi connectivity index (χ1) is 8.11. The highest BCUT2D eigenvalue weighted by atomic mass is 35.5. The maximum atomic E-state index is 12.3. The molecule has 94 valence electrons. The van der Waals surface area contributed by atoms with Crippen molar-refractivity contribution in [2.24, 2.45) is 13.0 Å². The third-order valence-corrected chi connectivity index (χ3v) is 3.70. The summed E-state index contributed by atoms with van der Waals surface area (Å²) in [7, 11) is 1.83. The largest absolute Gasteiger partial charge is 0.338 e. The van der Waals surface area contributed by atoms with E-state index in [4.69, 9.17) is 11.6 Å². The van der Waals surface area contributed by atoms with Gasteiger partial charge in [-0.25, -0.2) is 0 Å². The predicted octanol–water partition coefficient (Wildman–Crippen LogP) is 1.82. The Labute approximate surface area is 107 Å². The molecule has 1 fully saturated rings. The van der Waals surface area contributed by atoms with Gasteiger partial charge in [-0.2, -0.15) is 5.10 Å². The fourth-order valence-electron chi connectivity index (χ4n) is 2.36. The number of hydrogen-bond acceptors (Lipinski definition) is 2. The Kier molecular flexibility index (Phi) is 3.72. The quantitative estimate of drug-likeness (QED) is 0.756. The average Bonchev–Trinajstić information content (AvgIpc) is 2.67. The van der Waals surface area contributed by atoms with E-state index in [1.165, 1.54) is 0 Å². The molecule has 0 spiro atoms. The summed E-state index contributed by atoms with van der Waals surface area (Å²) in [5, 5.41) is 4.21. The first-order valence-corrected chi connectivity index (χ1v) is 6.50. The van der Waals surface area contributed by atoms with E-state index >= 15 is 0 Å². The van der Waals surface area contributed by atoms with E-state index in [0.29, 0.717) is 17.4 Å². The first kappa shape index (κ1) is 12.4. The molecule has 1 aromatic rings. The summed E-state index contributed by atoms with van der Waals surface area (Å²) in [4.78, 5) is 14.2. The highest BCUT2D eigenvalue weighted by Crippen LogP contribution is 2.20. The Bertz CT molecular complexity index is 416. The Hall–Kier alpha value is -1.03. The Morgan fingerprint density at radius 1 is 1.65 bits per heavy atom. The van der Waals surface area contributed by atoms with Crippen LogP contribution < -0.4 is 0 Å². The van der Waals surface area contributed by atoms with Gasteiger partial charge in [0.05, 0.1) is 11.3 Å². The van der Waals surface area contributed by atoms with Gasteiger partial charge in [0.15, 0.2) is 0 Å². The molecule has 1 saturated heterocycles. The molecule has 5 heteroatoms. The number of hydrogen-bond donors (Lipinski definition) is 0. The zero-order chi connectivity index (χ0) is 12.4. The fraction of sp³-hybridized carbons (Fsp3) is 0.667. The molecule has 2 rings (SSSR count). The second-order valence-corrected chi connectivity index (χ2v) is 5.02. The number of amides is 1. The standard InChI is InChI=1S/C12H18ClN3O/c1-9-11(8-15(2)14-9)12(17)16-5-3-4-10(6-13)7-16/h8,10H,3-7H2,1-2H3. The normalized spacial score (nSPS) is 20.6. The van der Waals surface area contributed by atoms with Gasteiger partial charge in [-0.3, -0.25) is 9.48 Å². The minimum atomic E-state index is 0.0883. The van der Waals surface area contributed by atoms with E-state index in [1.807, 2.05) is 18.9 Å². The van der Waals surface area contributed by atoms with Crippen LogP contribution in [0.1, 0.15) is 28.9 Å². The van der Waals surface area contributed by atoms with Crippen molar-refractivity contribution < 1.29 is 4.79 Å². The minimum Gasteiger partial charge on any atom is -0.338 e. The fourth-order valence-corrected chi connectivity index (χ4v) is 2.61. The smallest absolute Gasteiger partial charge is 0.257 e. The molecular weight excluding hydrogens is 238 g/mol. The monoisotopic (exact) mass is 255 g/mol. The SMILES string of the molecule is Cc1nn(C)cc1C(=O)N1CCCC(CCl)C1. The van der Waals surface area contributed by atoms with Crippen LogP contribution in [0, 0.1) is 12.8 Å². The molecule has 17 heavy (non-hydrogen) atoms. The highest BCUT2D eigenvalue weighted by Gasteiger charge is 2.25. The number of aryl methyl sites for hydroxylation is 2. The number of carbonyl (C=O) groups excluding carboxylic acids is 1. The molecular formula is C12H18ClN3O. The van der Waals surface area contributed by atoms with Crippen molar-refractivity contribution in [2.75, 3.05) is 19.0 Å². The molecule has 0 N–H and O–H groups in total. The van der Waals surface area contributed by atoms with Crippen molar-refractivity contribution in [3.63, 3.8) is 0 Å². The van der Waals surface area contributed by atoms with Gasteiger partial charge in [0.25, 0.3) is 5.91 Å². The molecule has 1 aromatic heterocycles. The Morgan fingerprint density at radius 2 is 2.41 bits per heavy atom. The van der Waals surface area contributed by atoms with Crippen molar-refractivity contribution >= 4 is 17.5 Å². The molecule has 0 bridgehead atoms. The molecule has 1 aliphatic heterocycles. The van der Waals surface area contributed by atoms with E-state index in [2.05, 4.69) is 5.10 Å². The number of nitrogens with zero attached hydrogens (tertiary/aromatic N) is 3. The summed E-state index contributed by atoms with van der Waals surface area (Å²) in [5.41, 5.74) is 1.51. The van der Waals surface area contributed by atoms with E-state index in [-0.39, 0.29) is 5.91 Å². The van der Waals surface area contributed by atoms with Crippen molar-refractivity contribution in [1.82, 2.24) is 14.7 Å². The molecule has 1 aliphatic rings. The number of rotatable bonds is 2. The van der Waals surface area contributed by atoms with Crippen LogP contribution in [0.4, 0.5) is 0 Å². The third-order valence-electron chi connectivity index (χ3n) is 3.27. The summed E-state index contributed by atoms with van der Waals surface area (Å²) in [6.07, 6.45) is 3.96. The zero-order valence-electron chi connectivity index (χ0n) is 10.3. The summed E-state index contributed by atoms with van der Waals surface area (Å²) in [6.45, 7) is 3.48. The van der Waals surface area contributed by atoms with E-state index in [9.17, 15) is 4.79 Å². The van der Waals surface area contributed by atoms with E-state index in [0.717, 1.165) is 31.6 Å². The lowest BCUT2D eigenvalue weighted by Crippen LogP contribution is -2.40. The molecule has 0 aliphatic carbocycles. The molecule has 1 atom stereocenters. The predicted molar refractivity (Wildman–Crippen MR) is 67.3 cm³/mol. The summed E-state index contributed by atoms with van der Waals surface area (Å²) >= 11 is 5.88. The number of aromatic nitrogens is 2. The van der Waals surface area contributed by atoms with Crippen LogP contribution in [0.25, 0.3) is 0 Å². The van der Waals surface area contributed by atoms with Crippen LogP contribution in [0.2, 0.25) is 0 Å². The van der Waals surface area contributed by atoms with Crippen LogP contribution in [0.15, 0.2) is 6.20 Å². The first-order valence-electron chi connectivity index (χ1n) is 5.97. The van der Waals surface area contributed by atoms with Crippen LogP contribution in [0.5, 0.6) is 0 Å². The second kappa shape index (κ2) is 5.08. The van der Waals surface area contributed by atoms with Crippen LogP contribution in [-0.2, 0) is 7.05 Å². The molecule has 2 heterocycles. The maximum absolute atomic E-state index is 12.3. The lowest BCUT2D eigenvalue weighted by Gasteiger charge is -2.31. The number of piperidine rings is 1. The second-order valence-electron chi connectivity index (χ2n) is 4.72. The number of halogens is 1. The number of carbonyl (C=O) groups is 1. The Morgan fingerprint density at radius 3 is 3.00 bits per heavy atom. The number of alkyl halides is 1. The van der Waals surface area contributed by atoms with Crippen molar-refractivity contribution in [3.8, 4) is 0 Å². The van der Waals surface area contributed by atoms with E-state index in [1.54, 1.807) is 10.9 Å². The molecule has 4 nitrogen and oxygen atoms in total. The summed E-state index contributed by atoms with van der Waals surface area (Å²) < 4.78 is 1.69. The van der Waals surface area contributed by atoms with E-state index < -0.39 is 0 Å². The van der Waals surface area contributed by atoms with Crippen molar-refractivity contribution in [1.29, 1.82) is 0 Å². The van der Waals surface area contributed by atoms with Gasteiger partial charge in [0.2, 0.25) is 0 Å². The number of likely N-dealkylation sites (tertiary alicyclic amines) is 1. The third kappa shape index (κ3) is 2.63. The van der Waals surface area contributed by atoms with Gasteiger partial charge in [-0.05, 0) is 25.7 Å². The van der Waals surface area contributed by atoms with Crippen molar-refractivity contribution in [3.05, 3.63) is 17.5 Å². The highest BCUT2D eigenvalue weighted by molar-refractivity contribution is 6.18. The topological polar surface area (TPSA) is 38.1 Å². The molecule has 0 radical (unpaired) electrons. The van der Waals surface area contributed by atoms with Crippen LogP contribution >= 0.6 is 11.6 Å². The molecule has 1 unspecified atom stereocenters. The minimum absolute atomic E-state index is 0.0883. The van der Waals surface area contributed by atoms with Gasteiger partial charge >= 0.3 is 0 Å². The zero-order valence-corrected chi connectivity index (χ0v) is 11.1. The molecule has 1 amide bonds. The van der Waals surface area contributed by atoms with Gasteiger partial charge in [-0.1, -0.05) is 0 Å². The average molecular weight is 256 g/mol. The lowest BCUT2D eigenvalue weighted by molar-refractivity contribution is 0.0684. The Balaban J connectivity index is 2.12. The van der Waals surface area contributed by atoms with Crippen LogP contribution in [0.3, 0.4) is 0 Å². The van der Waals surface area contributed by atoms with Gasteiger partial charge in [0.1, 0.15) is 0 Å². The molecule has 0 aromatic carbocycles. The molecule has 0 saturated carbocycles. The summed E-state index contributed by atoms with van der Waals surface area (Å²) in [5.74, 6) is 1.16. The van der Waals surface area contributed by atoms with Crippen LogP contribution in [-0.4, -0.2) is 39.6 Å².